The Kier molecular flexibility index (Phi) is 6.64. The lowest BCUT2D eigenvalue weighted by molar-refractivity contribution is -0.144. The first kappa shape index (κ1) is 16.4. The number of hydrogen-bond donors (Lipinski definition) is 0. The van der Waals surface area contributed by atoms with Crippen LogP contribution in [-0.2, 0) is 9.53 Å². The highest BCUT2D eigenvalue weighted by Crippen LogP contribution is 2.28. The van der Waals surface area contributed by atoms with Gasteiger partial charge in [-0.05, 0) is 60.4 Å². The zero-order valence-corrected chi connectivity index (χ0v) is 14.1. The number of likely N-dealkylation sites (tertiary alicyclic amines) is 1. The Bertz CT molecular complexity index is 459. The van der Waals surface area contributed by atoms with Gasteiger partial charge in [0, 0.05) is 22.9 Å². The van der Waals surface area contributed by atoms with Crippen molar-refractivity contribution >= 4 is 21.9 Å². The highest BCUT2D eigenvalue weighted by molar-refractivity contribution is 9.10. The molecule has 4 nitrogen and oxygen atoms in total. The van der Waals surface area contributed by atoms with Gasteiger partial charge in [-0.15, -0.1) is 0 Å². The summed E-state index contributed by atoms with van der Waals surface area (Å²) in [7, 11) is 0. The Balaban J connectivity index is 2.18. The predicted molar refractivity (Wildman–Crippen MR) is 86.0 cm³/mol. The van der Waals surface area contributed by atoms with E-state index in [2.05, 4.69) is 31.9 Å². The van der Waals surface area contributed by atoms with Crippen molar-refractivity contribution in [3.63, 3.8) is 0 Å². The summed E-state index contributed by atoms with van der Waals surface area (Å²) in [6, 6.07) is 2.12. The van der Waals surface area contributed by atoms with E-state index in [0.717, 1.165) is 23.1 Å². The molecule has 2 rings (SSSR count). The molecule has 1 fully saturated rings. The topological polar surface area (TPSA) is 42.4 Å². The lowest BCUT2D eigenvalue weighted by atomic mass is 10.0. The van der Waals surface area contributed by atoms with E-state index in [9.17, 15) is 4.79 Å². The Morgan fingerprint density at radius 1 is 1.33 bits per heavy atom. The van der Waals surface area contributed by atoms with Gasteiger partial charge < -0.3 is 4.74 Å². The van der Waals surface area contributed by atoms with Gasteiger partial charge in [0.2, 0.25) is 0 Å². The van der Waals surface area contributed by atoms with E-state index in [1.165, 1.54) is 25.7 Å². The molecule has 116 valence electrons. The van der Waals surface area contributed by atoms with Gasteiger partial charge in [-0.3, -0.25) is 14.7 Å². The molecule has 1 unspecified atom stereocenters. The van der Waals surface area contributed by atoms with Gasteiger partial charge in [-0.25, -0.2) is 0 Å². The van der Waals surface area contributed by atoms with Gasteiger partial charge in [-0.1, -0.05) is 12.8 Å². The molecule has 21 heavy (non-hydrogen) atoms. The maximum absolute atomic E-state index is 12.0. The van der Waals surface area contributed by atoms with Crippen LogP contribution in [0.4, 0.5) is 0 Å². The summed E-state index contributed by atoms with van der Waals surface area (Å²) >= 11 is 3.47. The molecular formula is C16H23BrN2O2. The van der Waals surface area contributed by atoms with Crippen molar-refractivity contribution in [1.82, 2.24) is 9.88 Å². The number of pyridine rings is 1. The largest absolute Gasteiger partial charge is 0.466 e. The first-order valence-corrected chi connectivity index (χ1v) is 8.50. The SMILES string of the molecule is CCOC(=O)CC(c1cncc(Br)c1)N1CCCCCC1. The van der Waals surface area contributed by atoms with Crippen LogP contribution >= 0.6 is 15.9 Å². The molecule has 0 amide bonds. The summed E-state index contributed by atoms with van der Waals surface area (Å²) in [6.45, 7) is 4.36. The number of carbonyl (C=O) groups is 1. The number of nitrogens with zero attached hydrogens (tertiary/aromatic N) is 2. The molecule has 0 N–H and O–H groups in total. The number of hydrogen-bond acceptors (Lipinski definition) is 4. The fraction of sp³-hybridized carbons (Fsp3) is 0.625. The average Bonchev–Trinajstić information content (AvgIpc) is 2.74. The third-order valence-corrected chi connectivity index (χ3v) is 4.29. The van der Waals surface area contributed by atoms with Crippen LogP contribution in [0, 0.1) is 0 Å². The smallest absolute Gasteiger partial charge is 0.307 e. The van der Waals surface area contributed by atoms with E-state index in [1.54, 1.807) is 6.20 Å². The van der Waals surface area contributed by atoms with Crippen LogP contribution in [0.5, 0.6) is 0 Å². The van der Waals surface area contributed by atoms with Crippen molar-refractivity contribution in [2.75, 3.05) is 19.7 Å². The quantitative estimate of drug-likeness (QED) is 0.755. The van der Waals surface area contributed by atoms with E-state index in [1.807, 2.05) is 13.1 Å². The van der Waals surface area contributed by atoms with E-state index in [-0.39, 0.29) is 12.0 Å². The average molecular weight is 355 g/mol. The summed E-state index contributed by atoms with van der Waals surface area (Å²) in [4.78, 5) is 18.6. The van der Waals surface area contributed by atoms with Crippen LogP contribution in [0.25, 0.3) is 0 Å². The Morgan fingerprint density at radius 2 is 2.05 bits per heavy atom. The maximum atomic E-state index is 12.0. The van der Waals surface area contributed by atoms with Crippen LogP contribution < -0.4 is 0 Å². The molecule has 2 heterocycles. The number of aromatic nitrogens is 1. The molecule has 0 radical (unpaired) electrons. The van der Waals surface area contributed by atoms with Crippen molar-refractivity contribution in [3.8, 4) is 0 Å². The maximum Gasteiger partial charge on any atom is 0.307 e. The predicted octanol–water partition coefficient (Wildman–Crippen LogP) is 3.71. The number of rotatable bonds is 5. The monoisotopic (exact) mass is 354 g/mol. The Labute approximate surface area is 135 Å². The Morgan fingerprint density at radius 3 is 2.67 bits per heavy atom. The van der Waals surface area contributed by atoms with Crippen molar-refractivity contribution in [2.24, 2.45) is 0 Å². The van der Waals surface area contributed by atoms with Crippen LogP contribution in [0.2, 0.25) is 0 Å². The van der Waals surface area contributed by atoms with E-state index in [4.69, 9.17) is 4.74 Å². The van der Waals surface area contributed by atoms with Gasteiger partial charge in [0.1, 0.15) is 0 Å². The van der Waals surface area contributed by atoms with Gasteiger partial charge in [-0.2, -0.15) is 0 Å². The van der Waals surface area contributed by atoms with Gasteiger partial charge in [0.05, 0.1) is 13.0 Å². The highest BCUT2D eigenvalue weighted by Gasteiger charge is 2.25. The van der Waals surface area contributed by atoms with Crippen molar-refractivity contribution in [2.45, 2.75) is 45.1 Å². The van der Waals surface area contributed by atoms with Gasteiger partial charge >= 0.3 is 5.97 Å². The van der Waals surface area contributed by atoms with E-state index >= 15 is 0 Å². The molecule has 0 aliphatic carbocycles. The second-order valence-corrected chi connectivity index (χ2v) is 6.33. The second kappa shape index (κ2) is 8.49. The first-order valence-electron chi connectivity index (χ1n) is 7.71. The zero-order valence-electron chi connectivity index (χ0n) is 12.6. The lowest BCUT2D eigenvalue weighted by Crippen LogP contribution is -2.32. The van der Waals surface area contributed by atoms with Crippen LogP contribution in [0.1, 0.15) is 50.6 Å². The van der Waals surface area contributed by atoms with Crippen molar-refractivity contribution in [3.05, 3.63) is 28.5 Å². The minimum Gasteiger partial charge on any atom is -0.466 e. The first-order chi connectivity index (χ1) is 10.2. The molecule has 1 aromatic heterocycles. The van der Waals surface area contributed by atoms with Gasteiger partial charge in [0.25, 0.3) is 0 Å². The molecule has 0 spiro atoms. The van der Waals surface area contributed by atoms with Gasteiger partial charge in [0.15, 0.2) is 0 Å². The second-order valence-electron chi connectivity index (χ2n) is 5.41. The third kappa shape index (κ3) is 5.08. The molecule has 1 atom stereocenters. The third-order valence-electron chi connectivity index (χ3n) is 3.86. The molecule has 0 aromatic carbocycles. The van der Waals surface area contributed by atoms with E-state index in [0.29, 0.717) is 13.0 Å². The van der Waals surface area contributed by atoms with Crippen LogP contribution in [-0.4, -0.2) is 35.5 Å². The molecule has 0 bridgehead atoms. The fourth-order valence-corrected chi connectivity index (χ4v) is 3.24. The van der Waals surface area contributed by atoms with Crippen molar-refractivity contribution in [1.29, 1.82) is 0 Å². The summed E-state index contributed by atoms with van der Waals surface area (Å²) in [5.74, 6) is -0.133. The lowest BCUT2D eigenvalue weighted by Gasteiger charge is -2.30. The summed E-state index contributed by atoms with van der Waals surface area (Å²) in [6.07, 6.45) is 8.97. The standard InChI is InChI=1S/C16H23BrN2O2/c1-2-21-16(20)10-15(13-9-14(17)12-18-11-13)19-7-5-3-4-6-8-19/h9,11-12,15H,2-8,10H2,1H3. The summed E-state index contributed by atoms with van der Waals surface area (Å²) in [5, 5.41) is 0. The molecule has 1 aliphatic heterocycles. The molecule has 1 aliphatic rings. The van der Waals surface area contributed by atoms with Crippen LogP contribution in [0.15, 0.2) is 22.9 Å². The number of esters is 1. The summed E-state index contributed by atoms with van der Waals surface area (Å²) < 4.78 is 6.10. The number of carbonyl (C=O) groups excluding carboxylic acids is 1. The number of halogens is 1. The zero-order chi connectivity index (χ0) is 15.1. The Hall–Kier alpha value is -0.940. The number of ether oxygens (including phenoxy) is 1. The molecule has 1 aromatic rings. The van der Waals surface area contributed by atoms with Crippen LogP contribution in [0.3, 0.4) is 0 Å². The molecule has 5 heteroatoms. The minimum absolute atomic E-state index is 0.0622. The highest BCUT2D eigenvalue weighted by atomic mass is 79.9. The van der Waals surface area contributed by atoms with Crippen molar-refractivity contribution < 1.29 is 9.53 Å². The van der Waals surface area contributed by atoms with E-state index < -0.39 is 0 Å². The summed E-state index contributed by atoms with van der Waals surface area (Å²) in [5.41, 5.74) is 1.08. The molecule has 0 saturated carbocycles. The fourth-order valence-electron chi connectivity index (χ4n) is 2.85. The normalized spacial score (nSPS) is 18.0. The molecular weight excluding hydrogens is 332 g/mol. The molecule has 1 saturated heterocycles. The minimum atomic E-state index is -0.133.